The molecule has 0 unspecified atom stereocenters. The molecule has 6 rings (SSSR count). The number of nitrogens with two attached hydrogens (primary N) is 1. The van der Waals surface area contributed by atoms with Crippen LogP contribution in [-0.2, 0) is 17.8 Å². The highest BCUT2D eigenvalue weighted by molar-refractivity contribution is 6.36. The summed E-state index contributed by atoms with van der Waals surface area (Å²) in [5.74, 6) is 6.40. The molecule has 4 heterocycles. The molecule has 1 amide bonds. The molecule has 2 aromatic carbocycles. The third kappa shape index (κ3) is 6.71. The molecule has 0 saturated carbocycles. The standard InChI is InChI=1S/C35H41ClN8O2/c1-3-7-25(38)20-32(45)44-19-18-43(21-26(44)13-15-37)34-28-14-17-42(31-12-5-9-24-8-4-11-29(36)33(24)31)22-30(28)39-35(40-34)46-23-27-10-6-16-41(27)2/h4-5,8-9,11-12,25-27H,6,10,13-14,16-23,38H2,1-2H3/t25-,26+,27+/m1/s1. The number of nitrogens with zero attached hydrogens (tertiary/aromatic N) is 7. The van der Waals surface area contributed by atoms with E-state index < -0.39 is 6.04 Å². The first-order valence-corrected chi connectivity index (χ1v) is 16.5. The van der Waals surface area contributed by atoms with Gasteiger partial charge in [0.05, 0.1) is 48.3 Å². The maximum atomic E-state index is 13.2. The molecule has 0 aliphatic carbocycles. The summed E-state index contributed by atoms with van der Waals surface area (Å²) in [6.07, 6.45) is 3.33. The van der Waals surface area contributed by atoms with Crippen LogP contribution in [-0.4, -0.2) is 90.2 Å². The predicted octanol–water partition coefficient (Wildman–Crippen LogP) is 3.99. The number of anilines is 2. The Bertz CT molecular complexity index is 1690. The molecule has 1 aromatic heterocycles. The highest BCUT2D eigenvalue weighted by atomic mass is 35.5. The van der Waals surface area contributed by atoms with E-state index in [0.717, 1.165) is 70.9 Å². The number of likely N-dealkylation sites (tertiary alicyclic amines) is 1. The number of piperazine rings is 1. The van der Waals surface area contributed by atoms with Crippen LogP contribution in [0.15, 0.2) is 36.4 Å². The lowest BCUT2D eigenvalue weighted by molar-refractivity contribution is -0.134. The van der Waals surface area contributed by atoms with Gasteiger partial charge in [-0.15, -0.1) is 5.92 Å². The van der Waals surface area contributed by atoms with Gasteiger partial charge < -0.3 is 30.1 Å². The average molecular weight is 641 g/mol. The van der Waals surface area contributed by atoms with Crippen molar-refractivity contribution in [2.24, 2.45) is 5.73 Å². The highest BCUT2D eigenvalue weighted by Gasteiger charge is 2.34. The number of ether oxygens (including phenoxy) is 1. The fraction of sp³-hybridized carbons (Fsp3) is 0.486. The van der Waals surface area contributed by atoms with Gasteiger partial charge in [0.2, 0.25) is 5.91 Å². The van der Waals surface area contributed by atoms with Crippen molar-refractivity contribution >= 4 is 39.8 Å². The number of hydrogen-bond donors (Lipinski definition) is 1. The van der Waals surface area contributed by atoms with Crippen LogP contribution < -0.4 is 20.3 Å². The molecular formula is C35H41ClN8O2. The van der Waals surface area contributed by atoms with Gasteiger partial charge >= 0.3 is 6.01 Å². The van der Waals surface area contributed by atoms with Crippen LogP contribution in [0.1, 0.15) is 43.9 Å². The Morgan fingerprint density at radius 1 is 1.13 bits per heavy atom. The van der Waals surface area contributed by atoms with E-state index in [1.807, 2.05) is 12.1 Å². The van der Waals surface area contributed by atoms with Crippen LogP contribution in [0.4, 0.5) is 11.5 Å². The topological polar surface area (TPSA) is 115 Å². The molecular weight excluding hydrogens is 600 g/mol. The molecule has 0 radical (unpaired) electrons. The minimum absolute atomic E-state index is 0.0750. The number of carbonyl (C=O) groups excluding carboxylic acids is 1. The van der Waals surface area contributed by atoms with E-state index in [1.165, 1.54) is 0 Å². The summed E-state index contributed by atoms with van der Waals surface area (Å²) in [5.41, 5.74) is 9.15. The average Bonchev–Trinajstić information content (AvgIpc) is 3.47. The molecule has 3 aliphatic rings. The van der Waals surface area contributed by atoms with Crippen LogP contribution in [0.25, 0.3) is 10.8 Å². The van der Waals surface area contributed by atoms with Crippen molar-refractivity contribution in [3.8, 4) is 23.9 Å². The van der Waals surface area contributed by atoms with Crippen LogP contribution in [0, 0.1) is 23.2 Å². The van der Waals surface area contributed by atoms with E-state index in [2.05, 4.69) is 63.9 Å². The number of amides is 1. The van der Waals surface area contributed by atoms with Crippen molar-refractivity contribution in [2.45, 2.75) is 63.7 Å². The molecule has 240 valence electrons. The number of fused-ring (bicyclic) bond motifs is 2. The largest absolute Gasteiger partial charge is 0.462 e. The molecule has 3 aliphatic heterocycles. The Balaban J connectivity index is 1.30. The van der Waals surface area contributed by atoms with Crippen LogP contribution in [0.2, 0.25) is 5.02 Å². The third-order valence-electron chi connectivity index (χ3n) is 9.43. The van der Waals surface area contributed by atoms with E-state index in [0.29, 0.717) is 44.8 Å². The number of benzene rings is 2. The lowest BCUT2D eigenvalue weighted by Crippen LogP contribution is -2.56. The molecule has 2 saturated heterocycles. The molecule has 0 spiro atoms. The summed E-state index contributed by atoms with van der Waals surface area (Å²) < 4.78 is 6.31. The van der Waals surface area contributed by atoms with Gasteiger partial charge in [0.25, 0.3) is 0 Å². The Morgan fingerprint density at radius 3 is 2.72 bits per heavy atom. The van der Waals surface area contributed by atoms with Crippen molar-refractivity contribution in [1.29, 1.82) is 5.26 Å². The number of likely N-dealkylation sites (N-methyl/N-ethyl adjacent to an activating group) is 1. The minimum atomic E-state index is -0.523. The van der Waals surface area contributed by atoms with Crippen molar-refractivity contribution in [2.75, 3.05) is 56.2 Å². The molecule has 2 fully saturated rings. The van der Waals surface area contributed by atoms with Crippen LogP contribution >= 0.6 is 11.6 Å². The van der Waals surface area contributed by atoms with Crippen molar-refractivity contribution in [3.05, 3.63) is 52.7 Å². The molecule has 3 aromatic rings. The highest BCUT2D eigenvalue weighted by Crippen LogP contribution is 2.37. The molecule has 3 atom stereocenters. The van der Waals surface area contributed by atoms with Gasteiger partial charge in [-0.3, -0.25) is 4.79 Å². The summed E-state index contributed by atoms with van der Waals surface area (Å²) in [7, 11) is 2.13. The molecule has 2 N–H and O–H groups in total. The first-order valence-electron chi connectivity index (χ1n) is 16.1. The normalized spacial score (nSPS) is 20.5. The van der Waals surface area contributed by atoms with E-state index in [4.69, 9.17) is 32.0 Å². The number of hydrogen-bond acceptors (Lipinski definition) is 9. The van der Waals surface area contributed by atoms with Gasteiger partial charge in [-0.2, -0.15) is 15.2 Å². The smallest absolute Gasteiger partial charge is 0.318 e. The minimum Gasteiger partial charge on any atom is -0.462 e. The SMILES string of the molecule is CC#C[C@@H](N)CC(=O)N1CCN(c2nc(OC[C@@H]3CCCN3C)nc3c2CCN(c2cccc4cccc(Cl)c24)C3)C[C@@H]1CC#N. The second-order valence-electron chi connectivity index (χ2n) is 12.4. The first-order chi connectivity index (χ1) is 22.4. The summed E-state index contributed by atoms with van der Waals surface area (Å²) >= 11 is 6.72. The number of carbonyl (C=O) groups is 1. The summed E-state index contributed by atoms with van der Waals surface area (Å²) in [5, 5.41) is 12.6. The van der Waals surface area contributed by atoms with Gasteiger partial charge in [-0.1, -0.05) is 41.8 Å². The number of halogens is 1. The second kappa shape index (κ2) is 14.1. The lowest BCUT2D eigenvalue weighted by Gasteiger charge is -2.42. The van der Waals surface area contributed by atoms with E-state index >= 15 is 0 Å². The first kappa shape index (κ1) is 31.9. The number of aromatic nitrogens is 2. The van der Waals surface area contributed by atoms with Gasteiger partial charge in [-0.05, 0) is 57.3 Å². The van der Waals surface area contributed by atoms with Gasteiger partial charge in [0, 0.05) is 48.9 Å². The number of nitriles is 1. The lowest BCUT2D eigenvalue weighted by atomic mass is 10.0. The van der Waals surface area contributed by atoms with E-state index in [1.54, 1.807) is 11.8 Å². The Hall–Kier alpha value is -4.09. The van der Waals surface area contributed by atoms with Crippen LogP contribution in [0.3, 0.4) is 0 Å². The van der Waals surface area contributed by atoms with Gasteiger partial charge in [0.15, 0.2) is 0 Å². The van der Waals surface area contributed by atoms with E-state index in [-0.39, 0.29) is 24.8 Å². The van der Waals surface area contributed by atoms with Crippen molar-refractivity contribution < 1.29 is 9.53 Å². The molecule has 10 nitrogen and oxygen atoms in total. The Morgan fingerprint density at radius 2 is 1.96 bits per heavy atom. The van der Waals surface area contributed by atoms with Crippen molar-refractivity contribution in [3.63, 3.8) is 0 Å². The summed E-state index contributed by atoms with van der Waals surface area (Å²) in [6, 6.07) is 14.4. The second-order valence-corrected chi connectivity index (χ2v) is 12.8. The maximum absolute atomic E-state index is 13.2. The molecule has 0 bridgehead atoms. The zero-order valence-corrected chi connectivity index (χ0v) is 27.3. The Labute approximate surface area is 276 Å². The summed E-state index contributed by atoms with van der Waals surface area (Å²) in [4.78, 5) is 31.9. The maximum Gasteiger partial charge on any atom is 0.318 e. The Kier molecular flexibility index (Phi) is 9.79. The predicted molar refractivity (Wildman–Crippen MR) is 181 cm³/mol. The zero-order chi connectivity index (χ0) is 32.2. The fourth-order valence-corrected chi connectivity index (χ4v) is 7.30. The van der Waals surface area contributed by atoms with E-state index in [9.17, 15) is 10.1 Å². The summed E-state index contributed by atoms with van der Waals surface area (Å²) in [6.45, 7) is 6.21. The third-order valence-corrected chi connectivity index (χ3v) is 9.74. The van der Waals surface area contributed by atoms with Crippen molar-refractivity contribution in [1.82, 2.24) is 19.8 Å². The monoisotopic (exact) mass is 640 g/mol. The zero-order valence-electron chi connectivity index (χ0n) is 26.6. The quantitative estimate of drug-likeness (QED) is 0.365. The molecule has 46 heavy (non-hydrogen) atoms. The van der Waals surface area contributed by atoms with Gasteiger partial charge in [0.1, 0.15) is 12.4 Å². The van der Waals surface area contributed by atoms with Crippen LogP contribution in [0.5, 0.6) is 6.01 Å². The van der Waals surface area contributed by atoms with Gasteiger partial charge in [-0.25, -0.2) is 0 Å². The molecule has 11 heteroatoms. The number of rotatable bonds is 8. The fourth-order valence-electron chi connectivity index (χ4n) is 7.02.